The molecule has 1 N–H and O–H groups in total. The SMILES string of the molecule is CC(C)Oc1ccn(C2CCNCC2)n1. The highest BCUT2D eigenvalue weighted by molar-refractivity contribution is 5.06. The Kier molecular flexibility index (Phi) is 3.26. The van der Waals surface area contributed by atoms with Gasteiger partial charge in [0.1, 0.15) is 0 Å². The lowest BCUT2D eigenvalue weighted by Crippen LogP contribution is -2.29. The molecule has 1 saturated heterocycles. The molecule has 1 aliphatic rings. The molecule has 0 atom stereocenters. The minimum atomic E-state index is 0.196. The molecule has 2 rings (SSSR count). The van der Waals surface area contributed by atoms with Gasteiger partial charge in [-0.3, -0.25) is 4.68 Å². The molecule has 0 saturated carbocycles. The Morgan fingerprint density at radius 2 is 2.20 bits per heavy atom. The summed E-state index contributed by atoms with van der Waals surface area (Å²) >= 11 is 0. The predicted octanol–water partition coefficient (Wildman–Crippen LogP) is 1.59. The molecule has 4 heteroatoms. The monoisotopic (exact) mass is 209 g/mol. The third-order valence-corrected chi connectivity index (χ3v) is 2.62. The zero-order chi connectivity index (χ0) is 10.7. The summed E-state index contributed by atoms with van der Waals surface area (Å²) in [7, 11) is 0. The van der Waals surface area contributed by atoms with E-state index >= 15 is 0 Å². The summed E-state index contributed by atoms with van der Waals surface area (Å²) in [4.78, 5) is 0. The van der Waals surface area contributed by atoms with Crippen LogP contribution in [0, 0.1) is 0 Å². The molecule has 0 bridgehead atoms. The number of nitrogens with zero attached hydrogens (tertiary/aromatic N) is 2. The zero-order valence-electron chi connectivity index (χ0n) is 9.44. The van der Waals surface area contributed by atoms with Crippen LogP contribution < -0.4 is 10.1 Å². The second-order valence-electron chi connectivity index (χ2n) is 4.28. The number of rotatable bonds is 3. The quantitative estimate of drug-likeness (QED) is 0.821. The highest BCUT2D eigenvalue weighted by Crippen LogP contribution is 2.19. The summed E-state index contributed by atoms with van der Waals surface area (Å²) in [5, 5.41) is 7.79. The van der Waals surface area contributed by atoms with Gasteiger partial charge in [0.05, 0.1) is 12.1 Å². The van der Waals surface area contributed by atoms with Crippen molar-refractivity contribution in [3.8, 4) is 5.88 Å². The van der Waals surface area contributed by atoms with E-state index in [9.17, 15) is 0 Å². The van der Waals surface area contributed by atoms with Crippen LogP contribution in [-0.2, 0) is 0 Å². The second kappa shape index (κ2) is 4.66. The van der Waals surface area contributed by atoms with Crippen LogP contribution in [0.25, 0.3) is 0 Å². The molecule has 84 valence electrons. The van der Waals surface area contributed by atoms with Gasteiger partial charge in [0.2, 0.25) is 5.88 Å². The fourth-order valence-electron chi connectivity index (χ4n) is 1.90. The number of hydrogen-bond acceptors (Lipinski definition) is 3. The predicted molar refractivity (Wildman–Crippen MR) is 59.1 cm³/mol. The normalized spacial score (nSPS) is 18.3. The Morgan fingerprint density at radius 3 is 2.87 bits per heavy atom. The first kappa shape index (κ1) is 10.5. The van der Waals surface area contributed by atoms with Crippen LogP contribution >= 0.6 is 0 Å². The summed E-state index contributed by atoms with van der Waals surface area (Å²) in [6.07, 6.45) is 4.53. The van der Waals surface area contributed by atoms with Crippen molar-refractivity contribution in [3.05, 3.63) is 12.3 Å². The number of piperidine rings is 1. The summed E-state index contributed by atoms with van der Waals surface area (Å²) in [5.41, 5.74) is 0. The van der Waals surface area contributed by atoms with Crippen molar-refractivity contribution in [1.29, 1.82) is 0 Å². The van der Waals surface area contributed by atoms with Gasteiger partial charge in [0, 0.05) is 12.3 Å². The maximum atomic E-state index is 5.54. The van der Waals surface area contributed by atoms with Crippen molar-refractivity contribution in [1.82, 2.24) is 15.1 Å². The molecule has 1 aromatic heterocycles. The highest BCUT2D eigenvalue weighted by atomic mass is 16.5. The van der Waals surface area contributed by atoms with Crippen LogP contribution in [0.4, 0.5) is 0 Å². The van der Waals surface area contributed by atoms with Gasteiger partial charge in [0.15, 0.2) is 0 Å². The first-order valence-corrected chi connectivity index (χ1v) is 5.68. The van der Waals surface area contributed by atoms with Crippen molar-refractivity contribution >= 4 is 0 Å². The van der Waals surface area contributed by atoms with E-state index in [0.717, 1.165) is 31.8 Å². The van der Waals surface area contributed by atoms with Gasteiger partial charge in [-0.05, 0) is 39.8 Å². The summed E-state index contributed by atoms with van der Waals surface area (Å²) in [6.45, 7) is 6.21. The lowest BCUT2D eigenvalue weighted by molar-refractivity contribution is 0.226. The number of ether oxygens (including phenoxy) is 1. The standard InChI is InChI=1S/C11H19N3O/c1-9(2)15-11-5-8-14(13-11)10-3-6-12-7-4-10/h5,8-10,12H,3-4,6-7H2,1-2H3. The molecule has 1 aromatic rings. The van der Waals surface area contributed by atoms with Crippen LogP contribution in [0.5, 0.6) is 5.88 Å². The Hall–Kier alpha value is -1.03. The lowest BCUT2D eigenvalue weighted by atomic mass is 10.1. The van der Waals surface area contributed by atoms with Crippen LogP contribution in [0.3, 0.4) is 0 Å². The maximum Gasteiger partial charge on any atom is 0.232 e. The third kappa shape index (κ3) is 2.72. The van der Waals surface area contributed by atoms with E-state index in [4.69, 9.17) is 4.74 Å². The molecule has 0 amide bonds. The first-order valence-electron chi connectivity index (χ1n) is 5.68. The molecule has 4 nitrogen and oxygen atoms in total. The van der Waals surface area contributed by atoms with Crippen LogP contribution in [0.15, 0.2) is 12.3 Å². The Morgan fingerprint density at radius 1 is 1.47 bits per heavy atom. The van der Waals surface area contributed by atoms with Crippen LogP contribution in [-0.4, -0.2) is 29.0 Å². The van der Waals surface area contributed by atoms with Gasteiger partial charge < -0.3 is 10.1 Å². The van der Waals surface area contributed by atoms with Crippen molar-refractivity contribution in [2.24, 2.45) is 0 Å². The number of aromatic nitrogens is 2. The molecule has 1 aliphatic heterocycles. The summed E-state index contributed by atoms with van der Waals surface area (Å²) < 4.78 is 7.58. The largest absolute Gasteiger partial charge is 0.474 e. The van der Waals surface area contributed by atoms with E-state index in [2.05, 4.69) is 10.4 Å². The van der Waals surface area contributed by atoms with Gasteiger partial charge in [-0.15, -0.1) is 5.10 Å². The van der Waals surface area contributed by atoms with E-state index in [1.54, 1.807) is 0 Å². The zero-order valence-corrected chi connectivity index (χ0v) is 9.44. The molecule has 0 aromatic carbocycles. The maximum absolute atomic E-state index is 5.54. The van der Waals surface area contributed by atoms with Crippen LogP contribution in [0.2, 0.25) is 0 Å². The summed E-state index contributed by atoms with van der Waals surface area (Å²) in [6, 6.07) is 2.48. The average Bonchev–Trinajstić information content (AvgIpc) is 2.67. The Bertz CT molecular complexity index is 303. The molecule has 0 spiro atoms. The van der Waals surface area contributed by atoms with Gasteiger partial charge in [-0.25, -0.2) is 0 Å². The van der Waals surface area contributed by atoms with Crippen molar-refractivity contribution in [2.75, 3.05) is 13.1 Å². The molecule has 0 aliphatic carbocycles. The molecular formula is C11H19N3O. The topological polar surface area (TPSA) is 39.1 Å². The van der Waals surface area contributed by atoms with Gasteiger partial charge in [-0.2, -0.15) is 0 Å². The van der Waals surface area contributed by atoms with Gasteiger partial charge in [0.25, 0.3) is 0 Å². The average molecular weight is 209 g/mol. The van der Waals surface area contributed by atoms with Crippen LogP contribution in [0.1, 0.15) is 32.7 Å². The third-order valence-electron chi connectivity index (χ3n) is 2.62. The molecule has 2 heterocycles. The molecule has 15 heavy (non-hydrogen) atoms. The van der Waals surface area contributed by atoms with Crippen molar-refractivity contribution in [3.63, 3.8) is 0 Å². The minimum Gasteiger partial charge on any atom is -0.474 e. The minimum absolute atomic E-state index is 0.196. The smallest absolute Gasteiger partial charge is 0.232 e. The molecule has 1 fully saturated rings. The van der Waals surface area contributed by atoms with E-state index in [0.29, 0.717) is 6.04 Å². The lowest BCUT2D eigenvalue weighted by Gasteiger charge is -2.22. The Labute approximate surface area is 90.6 Å². The van der Waals surface area contributed by atoms with E-state index in [1.807, 2.05) is 30.8 Å². The Balaban J connectivity index is 1.99. The fourth-order valence-corrected chi connectivity index (χ4v) is 1.90. The van der Waals surface area contributed by atoms with Gasteiger partial charge in [-0.1, -0.05) is 0 Å². The fraction of sp³-hybridized carbons (Fsp3) is 0.727. The van der Waals surface area contributed by atoms with E-state index in [-0.39, 0.29) is 6.10 Å². The van der Waals surface area contributed by atoms with E-state index in [1.165, 1.54) is 0 Å². The van der Waals surface area contributed by atoms with Crippen molar-refractivity contribution in [2.45, 2.75) is 38.8 Å². The number of hydrogen-bond donors (Lipinski definition) is 1. The molecular weight excluding hydrogens is 190 g/mol. The first-order chi connectivity index (χ1) is 7.25. The number of nitrogens with one attached hydrogen (secondary N) is 1. The second-order valence-corrected chi connectivity index (χ2v) is 4.28. The molecule has 0 radical (unpaired) electrons. The molecule has 0 unspecified atom stereocenters. The van der Waals surface area contributed by atoms with Crippen molar-refractivity contribution < 1.29 is 4.74 Å². The highest BCUT2D eigenvalue weighted by Gasteiger charge is 2.15. The van der Waals surface area contributed by atoms with E-state index < -0.39 is 0 Å². The summed E-state index contributed by atoms with van der Waals surface area (Å²) in [5.74, 6) is 0.739. The van der Waals surface area contributed by atoms with Gasteiger partial charge >= 0.3 is 0 Å².